The average molecular weight is 508 g/mol. The fraction of sp³-hybridized carbons (Fsp3) is 0.267. The molecule has 0 spiro atoms. The number of carbonyl (C=O) groups excluding carboxylic acids is 3. The van der Waals surface area contributed by atoms with Crippen LogP contribution in [0, 0.1) is 0 Å². The first-order valence-corrected chi connectivity index (χ1v) is 13.1. The number of fused-ring (bicyclic) bond motifs is 1. The van der Waals surface area contributed by atoms with Crippen LogP contribution in [0.3, 0.4) is 0 Å². The first-order chi connectivity index (χ1) is 18.6. The van der Waals surface area contributed by atoms with Gasteiger partial charge in [-0.3, -0.25) is 14.4 Å². The number of amides is 3. The van der Waals surface area contributed by atoms with E-state index in [1.165, 1.54) is 0 Å². The monoisotopic (exact) mass is 507 g/mol. The number of benzene rings is 2. The van der Waals surface area contributed by atoms with E-state index in [2.05, 4.69) is 0 Å². The molecule has 4 heterocycles. The van der Waals surface area contributed by atoms with Crippen molar-refractivity contribution in [3.8, 4) is 0 Å². The van der Waals surface area contributed by atoms with Crippen LogP contribution in [0.15, 0.2) is 85.1 Å². The van der Waals surface area contributed by atoms with Gasteiger partial charge in [0.25, 0.3) is 17.7 Å². The second-order valence-electron chi connectivity index (χ2n) is 9.75. The third-order valence-corrected chi connectivity index (χ3v) is 7.49. The molecule has 2 aliphatic rings. The third-order valence-electron chi connectivity index (χ3n) is 7.49. The number of hydrogen-bond acceptors (Lipinski definition) is 4. The summed E-state index contributed by atoms with van der Waals surface area (Å²) in [6, 6.07) is 24.0. The molecule has 0 aliphatic carbocycles. The summed E-state index contributed by atoms with van der Waals surface area (Å²) in [6.45, 7) is 2.49. The summed E-state index contributed by atoms with van der Waals surface area (Å²) >= 11 is 0. The summed E-state index contributed by atoms with van der Waals surface area (Å²) in [4.78, 5) is 50.2. The van der Waals surface area contributed by atoms with E-state index in [9.17, 15) is 14.4 Å². The SMILES string of the molecule is O=C(c1ccccc1)N1CCN(C(=O)c2nc([C@@H]3CCCN3C(=O)c3ccccc3)n3ccccc23)CC1. The van der Waals surface area contributed by atoms with Gasteiger partial charge in [-0.15, -0.1) is 0 Å². The zero-order valence-corrected chi connectivity index (χ0v) is 21.1. The lowest BCUT2D eigenvalue weighted by molar-refractivity contribution is 0.0533. The van der Waals surface area contributed by atoms with Gasteiger partial charge in [0, 0.05) is 50.0 Å². The Morgan fingerprint density at radius 1 is 0.658 bits per heavy atom. The number of pyridine rings is 1. The first kappa shape index (κ1) is 23.9. The number of piperazine rings is 1. The Balaban J connectivity index is 1.24. The molecule has 192 valence electrons. The lowest BCUT2D eigenvalue weighted by Gasteiger charge is -2.34. The predicted molar refractivity (Wildman–Crippen MR) is 143 cm³/mol. The number of imidazole rings is 1. The molecule has 1 atom stereocenters. The van der Waals surface area contributed by atoms with Crippen LogP contribution in [-0.2, 0) is 0 Å². The Morgan fingerprint density at radius 2 is 1.24 bits per heavy atom. The maximum absolute atomic E-state index is 13.7. The minimum Gasteiger partial charge on any atom is -0.335 e. The van der Waals surface area contributed by atoms with Crippen molar-refractivity contribution in [2.75, 3.05) is 32.7 Å². The van der Waals surface area contributed by atoms with Crippen LogP contribution in [0.2, 0.25) is 0 Å². The lowest BCUT2D eigenvalue weighted by Crippen LogP contribution is -2.50. The molecular weight excluding hydrogens is 478 g/mol. The maximum Gasteiger partial charge on any atom is 0.274 e. The smallest absolute Gasteiger partial charge is 0.274 e. The maximum atomic E-state index is 13.7. The van der Waals surface area contributed by atoms with E-state index in [4.69, 9.17) is 4.98 Å². The van der Waals surface area contributed by atoms with Crippen LogP contribution in [0.5, 0.6) is 0 Å². The standard InChI is InChI=1S/C30H29N5O3/c36-28(22-10-3-1-4-11-22)32-18-20-33(21-19-32)30(38)26-24-14-7-8-16-34(24)27(31-26)25-15-9-17-35(25)29(37)23-12-5-2-6-13-23/h1-8,10-14,16,25H,9,15,17-21H2/t25-/m0/s1. The van der Waals surface area contributed by atoms with Gasteiger partial charge in [0.2, 0.25) is 0 Å². The van der Waals surface area contributed by atoms with E-state index in [1.54, 1.807) is 9.80 Å². The van der Waals surface area contributed by atoms with Gasteiger partial charge >= 0.3 is 0 Å². The predicted octanol–water partition coefficient (Wildman–Crippen LogP) is 3.91. The molecule has 2 saturated heterocycles. The molecule has 0 N–H and O–H groups in total. The molecule has 8 heteroatoms. The molecule has 2 fully saturated rings. The highest BCUT2D eigenvalue weighted by Crippen LogP contribution is 2.34. The van der Waals surface area contributed by atoms with Gasteiger partial charge in [-0.05, 0) is 49.2 Å². The number of hydrogen-bond donors (Lipinski definition) is 0. The molecule has 38 heavy (non-hydrogen) atoms. The van der Waals surface area contributed by atoms with E-state index < -0.39 is 0 Å². The second kappa shape index (κ2) is 10.1. The average Bonchev–Trinajstić information content (AvgIpc) is 3.62. The van der Waals surface area contributed by atoms with E-state index in [0.29, 0.717) is 55.4 Å². The topological polar surface area (TPSA) is 78.2 Å². The zero-order chi connectivity index (χ0) is 26.1. The van der Waals surface area contributed by atoms with Gasteiger partial charge < -0.3 is 19.1 Å². The molecule has 2 aromatic carbocycles. The highest BCUT2D eigenvalue weighted by Gasteiger charge is 2.35. The molecule has 2 aliphatic heterocycles. The number of aromatic nitrogens is 2. The number of rotatable bonds is 4. The largest absolute Gasteiger partial charge is 0.335 e. The zero-order valence-electron chi connectivity index (χ0n) is 21.1. The van der Waals surface area contributed by atoms with E-state index in [-0.39, 0.29) is 23.8 Å². The first-order valence-electron chi connectivity index (χ1n) is 13.1. The Bertz CT molecular complexity index is 1480. The summed E-state index contributed by atoms with van der Waals surface area (Å²) in [7, 11) is 0. The van der Waals surface area contributed by atoms with Crippen molar-refractivity contribution in [3.05, 3.63) is 108 Å². The van der Waals surface area contributed by atoms with Gasteiger partial charge in [-0.25, -0.2) is 4.98 Å². The third kappa shape index (κ3) is 4.32. The molecule has 3 amide bonds. The molecule has 0 bridgehead atoms. The van der Waals surface area contributed by atoms with E-state index in [0.717, 1.165) is 18.4 Å². The van der Waals surface area contributed by atoms with Crippen LogP contribution in [-0.4, -0.2) is 74.5 Å². The van der Waals surface area contributed by atoms with Gasteiger partial charge in [0.05, 0.1) is 11.6 Å². The number of carbonyl (C=O) groups is 3. The van der Waals surface area contributed by atoms with Crippen LogP contribution >= 0.6 is 0 Å². The van der Waals surface area contributed by atoms with Crippen LogP contribution in [0.4, 0.5) is 0 Å². The molecule has 6 rings (SSSR count). The number of likely N-dealkylation sites (tertiary alicyclic amines) is 1. The van der Waals surface area contributed by atoms with Crippen molar-refractivity contribution in [3.63, 3.8) is 0 Å². The number of nitrogens with zero attached hydrogens (tertiary/aromatic N) is 5. The second-order valence-corrected chi connectivity index (χ2v) is 9.75. The summed E-state index contributed by atoms with van der Waals surface area (Å²) in [6.07, 6.45) is 3.58. The van der Waals surface area contributed by atoms with Gasteiger partial charge in [0.15, 0.2) is 5.69 Å². The molecule has 0 radical (unpaired) electrons. The van der Waals surface area contributed by atoms with Crippen LogP contribution in [0.25, 0.3) is 5.52 Å². The molecule has 0 saturated carbocycles. The summed E-state index contributed by atoms with van der Waals surface area (Å²) < 4.78 is 1.95. The summed E-state index contributed by atoms with van der Waals surface area (Å²) in [5.41, 5.74) is 2.43. The molecule has 4 aromatic rings. The minimum atomic E-state index is -0.209. The quantitative estimate of drug-likeness (QED) is 0.420. The fourth-order valence-corrected chi connectivity index (χ4v) is 5.50. The van der Waals surface area contributed by atoms with E-state index >= 15 is 0 Å². The Hall–Kier alpha value is -4.46. The summed E-state index contributed by atoms with van der Waals surface area (Å²) in [5, 5.41) is 0. The molecule has 2 aromatic heterocycles. The molecule has 8 nitrogen and oxygen atoms in total. The van der Waals surface area contributed by atoms with Crippen molar-refractivity contribution in [1.82, 2.24) is 24.1 Å². The van der Waals surface area contributed by atoms with Gasteiger partial charge in [-0.1, -0.05) is 42.5 Å². The lowest BCUT2D eigenvalue weighted by atomic mass is 10.1. The van der Waals surface area contributed by atoms with Crippen LogP contribution in [0.1, 0.15) is 55.9 Å². The highest BCUT2D eigenvalue weighted by atomic mass is 16.2. The molecular formula is C30H29N5O3. The normalized spacial score (nSPS) is 17.7. The summed E-state index contributed by atoms with van der Waals surface area (Å²) in [5.74, 6) is 0.527. The van der Waals surface area contributed by atoms with Crippen molar-refractivity contribution in [2.24, 2.45) is 0 Å². The van der Waals surface area contributed by atoms with Crippen molar-refractivity contribution in [2.45, 2.75) is 18.9 Å². The van der Waals surface area contributed by atoms with Crippen molar-refractivity contribution >= 4 is 23.2 Å². The fourth-order valence-electron chi connectivity index (χ4n) is 5.50. The Kier molecular flexibility index (Phi) is 6.37. The van der Waals surface area contributed by atoms with Crippen LogP contribution < -0.4 is 0 Å². The minimum absolute atomic E-state index is 0.0168. The Morgan fingerprint density at radius 3 is 1.89 bits per heavy atom. The molecule has 0 unspecified atom stereocenters. The Labute approximate surface area is 221 Å². The highest BCUT2D eigenvalue weighted by molar-refractivity contribution is 6.00. The van der Waals surface area contributed by atoms with Crippen molar-refractivity contribution in [1.29, 1.82) is 0 Å². The van der Waals surface area contributed by atoms with Crippen molar-refractivity contribution < 1.29 is 14.4 Å². The van der Waals surface area contributed by atoms with Gasteiger partial charge in [0.1, 0.15) is 5.82 Å². The van der Waals surface area contributed by atoms with Gasteiger partial charge in [-0.2, -0.15) is 0 Å². The van der Waals surface area contributed by atoms with E-state index in [1.807, 2.05) is 94.4 Å².